The highest BCUT2D eigenvalue weighted by molar-refractivity contribution is 7.08. The van der Waals surface area contributed by atoms with Gasteiger partial charge in [0.2, 0.25) is 0 Å². The molecule has 0 saturated heterocycles. The summed E-state index contributed by atoms with van der Waals surface area (Å²) < 4.78 is 3.81. The minimum absolute atomic E-state index is 0.304. The number of nitrogens with zero attached hydrogens (tertiary/aromatic N) is 2. The molecule has 1 aromatic heterocycles. The van der Waals surface area contributed by atoms with E-state index in [0.29, 0.717) is 17.0 Å². The average Bonchev–Trinajstić information content (AvgIpc) is 2.82. The molecule has 6 nitrogen and oxygen atoms in total. The van der Waals surface area contributed by atoms with Gasteiger partial charge in [0.15, 0.2) is 0 Å². The smallest absolute Gasteiger partial charge is 0.326 e. The van der Waals surface area contributed by atoms with Crippen LogP contribution >= 0.6 is 11.5 Å². The van der Waals surface area contributed by atoms with Gasteiger partial charge in [-0.1, -0.05) is 45.0 Å². The molecule has 7 heteroatoms. The molecule has 0 fully saturated rings. The zero-order chi connectivity index (χ0) is 15.3. The number of nitrogens with one attached hydrogen (secondary N) is 1. The van der Waals surface area contributed by atoms with Crippen LogP contribution in [0.4, 0.5) is 0 Å². The number of carboxylic acids is 1. The Labute approximate surface area is 122 Å². The van der Waals surface area contributed by atoms with Gasteiger partial charge in [-0.25, -0.2) is 4.79 Å². The van der Waals surface area contributed by atoms with E-state index in [-0.39, 0.29) is 5.41 Å². The van der Waals surface area contributed by atoms with Crippen molar-refractivity contribution in [2.45, 2.75) is 58.4 Å². The molecule has 0 spiro atoms. The Hall–Kier alpha value is -1.50. The molecule has 0 bridgehead atoms. The fourth-order valence-corrected chi connectivity index (χ4v) is 2.50. The first-order valence-corrected chi connectivity index (χ1v) is 7.41. The van der Waals surface area contributed by atoms with Crippen molar-refractivity contribution in [2.75, 3.05) is 0 Å². The van der Waals surface area contributed by atoms with E-state index in [0.717, 1.165) is 24.4 Å². The van der Waals surface area contributed by atoms with Gasteiger partial charge in [-0.15, -0.1) is 5.10 Å². The third-order valence-corrected chi connectivity index (χ3v) is 3.58. The Morgan fingerprint density at radius 1 is 1.40 bits per heavy atom. The summed E-state index contributed by atoms with van der Waals surface area (Å²) in [5, 5.41) is 15.7. The van der Waals surface area contributed by atoms with Crippen LogP contribution in [-0.2, 0) is 10.2 Å². The lowest BCUT2D eigenvalue weighted by Gasteiger charge is -2.18. The van der Waals surface area contributed by atoms with Gasteiger partial charge >= 0.3 is 5.97 Å². The molecule has 0 radical (unpaired) electrons. The number of hydrogen-bond acceptors (Lipinski definition) is 5. The lowest BCUT2D eigenvalue weighted by Crippen LogP contribution is -2.41. The molecular formula is C13H21N3O3S. The minimum Gasteiger partial charge on any atom is -0.480 e. The number of aromatic nitrogens is 2. The topological polar surface area (TPSA) is 92.2 Å². The molecule has 1 rings (SSSR count). The monoisotopic (exact) mass is 299 g/mol. The van der Waals surface area contributed by atoms with Crippen LogP contribution in [0.25, 0.3) is 0 Å². The van der Waals surface area contributed by atoms with Crippen LogP contribution in [-0.4, -0.2) is 32.6 Å². The highest BCUT2D eigenvalue weighted by Gasteiger charge is 2.28. The van der Waals surface area contributed by atoms with Crippen LogP contribution < -0.4 is 5.32 Å². The van der Waals surface area contributed by atoms with Crippen molar-refractivity contribution in [3.05, 3.63) is 10.6 Å². The number of amides is 1. The Morgan fingerprint density at radius 3 is 2.55 bits per heavy atom. The number of carbonyl (C=O) groups excluding carboxylic acids is 1. The van der Waals surface area contributed by atoms with Crippen molar-refractivity contribution in [3.8, 4) is 0 Å². The van der Waals surface area contributed by atoms with Gasteiger partial charge in [0.25, 0.3) is 5.91 Å². The predicted octanol–water partition coefficient (Wildman–Crippen LogP) is 2.21. The molecule has 112 valence electrons. The first-order valence-electron chi connectivity index (χ1n) is 6.63. The molecule has 0 aliphatic carbocycles. The molecule has 0 aliphatic rings. The summed E-state index contributed by atoms with van der Waals surface area (Å²) in [6.45, 7) is 7.79. The second-order valence-electron chi connectivity index (χ2n) is 5.71. The molecule has 0 aromatic carbocycles. The van der Waals surface area contributed by atoms with E-state index in [9.17, 15) is 9.59 Å². The van der Waals surface area contributed by atoms with Gasteiger partial charge in [-0.3, -0.25) is 4.79 Å². The molecule has 0 aliphatic heterocycles. The molecular weight excluding hydrogens is 278 g/mol. The number of hydrogen-bond donors (Lipinski definition) is 2. The lowest BCUT2D eigenvalue weighted by molar-refractivity contribution is -0.139. The standard InChI is InChI=1S/C13H21N3O3S/c1-5-6-7-8(12(18)19)14-11(17)9-10(13(2,3)4)15-16-20-9/h8H,5-7H2,1-4H3,(H,14,17)(H,18,19)/t8-/m0/s1. The molecule has 20 heavy (non-hydrogen) atoms. The van der Waals surface area contributed by atoms with Crippen LogP contribution in [0.5, 0.6) is 0 Å². The van der Waals surface area contributed by atoms with E-state index in [1.807, 2.05) is 27.7 Å². The SMILES string of the molecule is CCCC[C@H](NC(=O)c1snnc1C(C)(C)C)C(=O)O. The molecule has 0 unspecified atom stereocenters. The third kappa shape index (κ3) is 4.26. The van der Waals surface area contributed by atoms with E-state index in [1.54, 1.807) is 0 Å². The number of carbonyl (C=O) groups is 2. The highest BCUT2D eigenvalue weighted by Crippen LogP contribution is 2.25. The van der Waals surface area contributed by atoms with Crippen LogP contribution in [0.15, 0.2) is 0 Å². The van der Waals surface area contributed by atoms with Crippen LogP contribution in [0, 0.1) is 0 Å². The van der Waals surface area contributed by atoms with Crippen molar-refractivity contribution in [1.29, 1.82) is 0 Å². The number of unbranched alkanes of at least 4 members (excludes halogenated alkanes) is 1. The number of rotatable bonds is 6. The van der Waals surface area contributed by atoms with Gasteiger partial charge in [0.1, 0.15) is 10.9 Å². The van der Waals surface area contributed by atoms with Crippen molar-refractivity contribution in [2.24, 2.45) is 0 Å². The Kier molecular flexibility index (Phi) is 5.62. The van der Waals surface area contributed by atoms with Crippen LogP contribution in [0.3, 0.4) is 0 Å². The van der Waals surface area contributed by atoms with E-state index in [1.165, 1.54) is 0 Å². The fraction of sp³-hybridized carbons (Fsp3) is 0.692. The van der Waals surface area contributed by atoms with Gasteiger partial charge in [0, 0.05) is 5.41 Å². The van der Waals surface area contributed by atoms with E-state index in [4.69, 9.17) is 5.11 Å². The Morgan fingerprint density at radius 2 is 2.05 bits per heavy atom. The average molecular weight is 299 g/mol. The van der Waals surface area contributed by atoms with E-state index in [2.05, 4.69) is 14.9 Å². The molecule has 0 saturated carbocycles. The Bertz CT molecular complexity index is 479. The van der Waals surface area contributed by atoms with Crippen LogP contribution in [0.1, 0.15) is 62.3 Å². The zero-order valence-electron chi connectivity index (χ0n) is 12.3. The summed E-state index contributed by atoms with van der Waals surface area (Å²) in [7, 11) is 0. The maximum absolute atomic E-state index is 12.2. The normalized spacial score (nSPS) is 13.0. The van der Waals surface area contributed by atoms with Crippen molar-refractivity contribution < 1.29 is 14.7 Å². The number of carboxylic acid groups (broad SMARTS) is 1. The zero-order valence-corrected chi connectivity index (χ0v) is 13.1. The first-order chi connectivity index (χ1) is 9.27. The molecule has 1 heterocycles. The number of aliphatic carboxylic acids is 1. The second-order valence-corrected chi connectivity index (χ2v) is 6.46. The quantitative estimate of drug-likeness (QED) is 0.840. The van der Waals surface area contributed by atoms with E-state index >= 15 is 0 Å². The van der Waals surface area contributed by atoms with Crippen molar-refractivity contribution >= 4 is 23.4 Å². The highest BCUT2D eigenvalue weighted by atomic mass is 32.1. The molecule has 1 aromatic rings. The van der Waals surface area contributed by atoms with Gasteiger partial charge in [0.05, 0.1) is 5.69 Å². The van der Waals surface area contributed by atoms with Gasteiger partial charge in [-0.05, 0) is 18.0 Å². The van der Waals surface area contributed by atoms with Crippen molar-refractivity contribution in [3.63, 3.8) is 0 Å². The molecule has 1 amide bonds. The van der Waals surface area contributed by atoms with Gasteiger partial charge < -0.3 is 10.4 Å². The lowest BCUT2D eigenvalue weighted by atomic mass is 9.91. The first kappa shape index (κ1) is 16.6. The van der Waals surface area contributed by atoms with Gasteiger partial charge in [-0.2, -0.15) is 0 Å². The van der Waals surface area contributed by atoms with Crippen molar-refractivity contribution in [1.82, 2.24) is 14.9 Å². The van der Waals surface area contributed by atoms with E-state index < -0.39 is 17.9 Å². The second kappa shape index (κ2) is 6.78. The summed E-state index contributed by atoms with van der Waals surface area (Å²) in [5.41, 5.74) is 0.293. The molecule has 1 atom stereocenters. The summed E-state index contributed by atoms with van der Waals surface area (Å²) in [6.07, 6.45) is 2.06. The largest absolute Gasteiger partial charge is 0.480 e. The summed E-state index contributed by atoms with van der Waals surface area (Å²) in [6, 6.07) is -0.864. The molecule has 2 N–H and O–H groups in total. The maximum Gasteiger partial charge on any atom is 0.326 e. The summed E-state index contributed by atoms with van der Waals surface area (Å²) >= 11 is 0.996. The third-order valence-electron chi connectivity index (χ3n) is 2.85. The minimum atomic E-state index is -1.01. The summed E-state index contributed by atoms with van der Waals surface area (Å²) in [5.74, 6) is -1.42. The Balaban J connectivity index is 2.85. The maximum atomic E-state index is 12.2. The fourth-order valence-electron chi connectivity index (χ4n) is 1.72. The van der Waals surface area contributed by atoms with Crippen LogP contribution in [0.2, 0.25) is 0 Å². The summed E-state index contributed by atoms with van der Waals surface area (Å²) in [4.78, 5) is 23.7. The predicted molar refractivity (Wildman–Crippen MR) is 77.0 cm³/mol.